The normalized spacial score (nSPS) is 9.82. The maximum Gasteiger partial charge on any atom is -0.0448 e. The van der Waals surface area contributed by atoms with E-state index in [0.29, 0.717) is 0 Å². The molecule has 0 aliphatic heterocycles. The van der Waals surface area contributed by atoms with Crippen molar-refractivity contribution in [2.45, 2.75) is 60.8 Å². The molecule has 0 heteroatoms. The zero-order chi connectivity index (χ0) is 9.28. The molecular formula is C11H26. The van der Waals surface area contributed by atoms with Crippen LogP contribution in [-0.4, -0.2) is 0 Å². The Morgan fingerprint density at radius 3 is 1.00 bits per heavy atom. The largest absolute Gasteiger partial charge is 0.0651 e. The monoisotopic (exact) mass is 158 g/mol. The summed E-state index contributed by atoms with van der Waals surface area (Å²) in [6.07, 6.45) is 3.97. The summed E-state index contributed by atoms with van der Waals surface area (Å²) >= 11 is 0. The van der Waals surface area contributed by atoms with Gasteiger partial charge < -0.3 is 0 Å². The summed E-state index contributed by atoms with van der Waals surface area (Å²) in [5.41, 5.74) is 0. The third kappa shape index (κ3) is 17.8. The fraction of sp³-hybridized carbons (Fsp3) is 1.00. The summed E-state index contributed by atoms with van der Waals surface area (Å²) in [6, 6.07) is 0. The highest BCUT2D eigenvalue weighted by molar-refractivity contribution is 4.41. The molecule has 11 heavy (non-hydrogen) atoms. The average Bonchev–Trinajstić information content (AvgIpc) is 2.04. The molecule has 0 aromatic rings. The van der Waals surface area contributed by atoms with Crippen LogP contribution in [-0.2, 0) is 0 Å². The zero-order valence-electron chi connectivity index (χ0n) is 9.28. The molecule has 0 bridgehead atoms. The Morgan fingerprint density at radius 2 is 1.00 bits per heavy atom. The first-order valence-corrected chi connectivity index (χ1v) is 5.08. The summed E-state index contributed by atoms with van der Waals surface area (Å²) in [5, 5.41) is 0. The Bertz CT molecular complexity index is 51.1. The second kappa shape index (κ2) is 10.0. The van der Waals surface area contributed by atoms with Crippen molar-refractivity contribution in [2.24, 2.45) is 11.8 Å². The van der Waals surface area contributed by atoms with Crippen molar-refractivity contribution in [3.05, 3.63) is 0 Å². The van der Waals surface area contributed by atoms with Crippen LogP contribution in [0.15, 0.2) is 0 Å². The van der Waals surface area contributed by atoms with Gasteiger partial charge in [0, 0.05) is 0 Å². The third-order valence-electron chi connectivity index (χ3n) is 2.21. The van der Waals surface area contributed by atoms with Gasteiger partial charge in [-0.3, -0.25) is 0 Å². The van der Waals surface area contributed by atoms with E-state index in [9.17, 15) is 0 Å². The van der Waals surface area contributed by atoms with Gasteiger partial charge in [0.1, 0.15) is 0 Å². The van der Waals surface area contributed by atoms with Crippen LogP contribution in [0.25, 0.3) is 0 Å². The standard InChI is InChI=1S/C6H14.C5H12/c1-4-6(3)5-2;1-4-5(2)3/h6H,4-5H2,1-3H3;5H,4H2,1-3H3. The molecule has 0 aromatic carbocycles. The summed E-state index contributed by atoms with van der Waals surface area (Å²) in [4.78, 5) is 0. The second-order valence-electron chi connectivity index (χ2n) is 3.72. The number of hydrogen-bond donors (Lipinski definition) is 0. The van der Waals surface area contributed by atoms with E-state index in [1.165, 1.54) is 19.3 Å². The van der Waals surface area contributed by atoms with Crippen LogP contribution in [0.5, 0.6) is 0 Å². The van der Waals surface area contributed by atoms with Gasteiger partial charge in [0.15, 0.2) is 0 Å². The smallest absolute Gasteiger partial charge is 0.0448 e. The quantitative estimate of drug-likeness (QED) is 0.567. The minimum atomic E-state index is 0.884. The second-order valence-corrected chi connectivity index (χ2v) is 3.72. The topological polar surface area (TPSA) is 0 Å². The van der Waals surface area contributed by atoms with E-state index in [1.807, 2.05) is 0 Å². The minimum Gasteiger partial charge on any atom is -0.0651 e. The van der Waals surface area contributed by atoms with Crippen LogP contribution in [0.2, 0.25) is 0 Å². The predicted octanol–water partition coefficient (Wildman–Crippen LogP) is 4.49. The Morgan fingerprint density at radius 1 is 0.727 bits per heavy atom. The van der Waals surface area contributed by atoms with Gasteiger partial charge in [0.25, 0.3) is 0 Å². The van der Waals surface area contributed by atoms with Gasteiger partial charge in [0.05, 0.1) is 0 Å². The van der Waals surface area contributed by atoms with Gasteiger partial charge in [-0.1, -0.05) is 60.8 Å². The van der Waals surface area contributed by atoms with Crippen molar-refractivity contribution in [2.75, 3.05) is 0 Å². The van der Waals surface area contributed by atoms with E-state index in [2.05, 4.69) is 41.5 Å². The lowest BCUT2D eigenvalue weighted by Crippen LogP contribution is -1.85. The summed E-state index contributed by atoms with van der Waals surface area (Å²) in [7, 11) is 0. The highest BCUT2D eigenvalue weighted by atomic mass is 13.9. The molecule has 0 spiro atoms. The zero-order valence-corrected chi connectivity index (χ0v) is 9.28. The first-order chi connectivity index (χ1) is 5.08. The van der Waals surface area contributed by atoms with Gasteiger partial charge in [-0.2, -0.15) is 0 Å². The van der Waals surface area contributed by atoms with E-state index in [-0.39, 0.29) is 0 Å². The average molecular weight is 158 g/mol. The Balaban J connectivity index is 0. The van der Waals surface area contributed by atoms with E-state index in [1.54, 1.807) is 0 Å². The molecule has 0 N–H and O–H groups in total. The van der Waals surface area contributed by atoms with Crippen LogP contribution >= 0.6 is 0 Å². The van der Waals surface area contributed by atoms with Crippen molar-refractivity contribution < 1.29 is 0 Å². The maximum atomic E-state index is 2.28. The van der Waals surface area contributed by atoms with Crippen molar-refractivity contribution in [3.8, 4) is 0 Å². The van der Waals surface area contributed by atoms with Crippen LogP contribution in [0, 0.1) is 11.8 Å². The molecule has 0 atom stereocenters. The van der Waals surface area contributed by atoms with Crippen molar-refractivity contribution in [1.29, 1.82) is 0 Å². The highest BCUT2D eigenvalue weighted by Gasteiger charge is 1.88. The molecular weight excluding hydrogens is 132 g/mol. The van der Waals surface area contributed by atoms with Gasteiger partial charge in [0.2, 0.25) is 0 Å². The molecule has 0 aromatic heterocycles. The van der Waals surface area contributed by atoms with Gasteiger partial charge in [-0.15, -0.1) is 0 Å². The van der Waals surface area contributed by atoms with Gasteiger partial charge >= 0.3 is 0 Å². The SMILES string of the molecule is CCC(C)C.CCC(C)CC. The third-order valence-corrected chi connectivity index (χ3v) is 2.21. The molecule has 0 nitrogen and oxygen atoms in total. The molecule has 0 aliphatic rings. The van der Waals surface area contributed by atoms with Gasteiger partial charge in [-0.05, 0) is 11.8 Å². The van der Waals surface area contributed by atoms with E-state index in [0.717, 1.165) is 11.8 Å². The van der Waals surface area contributed by atoms with Crippen molar-refractivity contribution in [3.63, 3.8) is 0 Å². The fourth-order valence-corrected chi connectivity index (χ4v) is 0.289. The van der Waals surface area contributed by atoms with Crippen LogP contribution in [0.4, 0.5) is 0 Å². The number of hydrogen-bond acceptors (Lipinski definition) is 0. The molecule has 0 amide bonds. The lowest BCUT2D eigenvalue weighted by atomic mass is 10.1. The molecule has 0 rings (SSSR count). The molecule has 0 saturated heterocycles. The molecule has 70 valence electrons. The maximum absolute atomic E-state index is 2.28. The molecule has 0 radical (unpaired) electrons. The molecule has 0 aliphatic carbocycles. The van der Waals surface area contributed by atoms with E-state index in [4.69, 9.17) is 0 Å². The van der Waals surface area contributed by atoms with Crippen LogP contribution in [0.1, 0.15) is 60.8 Å². The highest BCUT2D eigenvalue weighted by Crippen LogP contribution is 2.02. The Labute approximate surface area is 73.4 Å². The molecule has 0 heterocycles. The lowest BCUT2D eigenvalue weighted by molar-refractivity contribution is 0.544. The minimum absolute atomic E-state index is 0.884. The lowest BCUT2D eigenvalue weighted by Gasteiger charge is -1.98. The first kappa shape index (κ1) is 13.6. The Kier molecular flexibility index (Phi) is 12.3. The molecule has 0 fully saturated rings. The van der Waals surface area contributed by atoms with Crippen molar-refractivity contribution in [1.82, 2.24) is 0 Å². The van der Waals surface area contributed by atoms with Gasteiger partial charge in [-0.25, -0.2) is 0 Å². The summed E-state index contributed by atoms with van der Waals surface area (Å²) in [5.74, 6) is 1.82. The molecule has 0 saturated carbocycles. The van der Waals surface area contributed by atoms with Crippen LogP contribution in [0.3, 0.4) is 0 Å². The molecule has 0 unspecified atom stereocenters. The van der Waals surface area contributed by atoms with E-state index < -0.39 is 0 Å². The summed E-state index contributed by atoms with van der Waals surface area (Å²) < 4.78 is 0. The fourth-order valence-electron chi connectivity index (χ4n) is 0.289. The number of rotatable bonds is 3. The summed E-state index contributed by atoms with van der Waals surface area (Å²) in [6.45, 7) is 13.4. The first-order valence-electron chi connectivity index (χ1n) is 5.08. The van der Waals surface area contributed by atoms with E-state index >= 15 is 0 Å². The van der Waals surface area contributed by atoms with Crippen LogP contribution < -0.4 is 0 Å². The predicted molar refractivity (Wildman–Crippen MR) is 54.9 cm³/mol. The van der Waals surface area contributed by atoms with Crippen molar-refractivity contribution >= 4 is 0 Å². The Hall–Kier alpha value is 0.